The van der Waals surface area contributed by atoms with Crippen molar-refractivity contribution in [2.24, 2.45) is 0 Å². The largest absolute Gasteiger partial charge is 0.0616 e. The van der Waals surface area contributed by atoms with Crippen molar-refractivity contribution in [2.45, 2.75) is 12.8 Å². The molecule has 2 aromatic carbocycles. The maximum absolute atomic E-state index is 4.03. The van der Waals surface area contributed by atoms with Crippen LogP contribution in [0.5, 0.6) is 0 Å². The van der Waals surface area contributed by atoms with Crippen molar-refractivity contribution in [2.75, 3.05) is 0 Å². The van der Waals surface area contributed by atoms with Crippen molar-refractivity contribution in [3.63, 3.8) is 0 Å². The molecule has 0 spiro atoms. The molecule has 64 valence electrons. The summed E-state index contributed by atoms with van der Waals surface area (Å²) in [6.45, 7) is 6.12. The second-order valence-electron chi connectivity index (χ2n) is 3.38. The third-order valence-electron chi connectivity index (χ3n) is 2.25. The number of fused-ring (bicyclic) bond motifs is 1. The minimum atomic E-state index is 0.297. The predicted octanol–water partition coefficient (Wildman–Crippen LogP) is 3.58. The van der Waals surface area contributed by atoms with Crippen LogP contribution in [-0.4, -0.2) is 0 Å². The Morgan fingerprint density at radius 2 is 2.00 bits per heavy atom. The molecule has 13 heavy (non-hydrogen) atoms. The summed E-state index contributed by atoms with van der Waals surface area (Å²) in [5.41, 5.74) is 1.21. The van der Waals surface area contributed by atoms with Crippen LogP contribution in [0.3, 0.4) is 0 Å². The van der Waals surface area contributed by atoms with Crippen LogP contribution in [0, 0.1) is 13.0 Å². The Bertz CT molecular complexity index is 408. The molecule has 0 aromatic heterocycles. The molecular weight excluding hydrogens is 156 g/mol. The summed E-state index contributed by atoms with van der Waals surface area (Å²) in [4.78, 5) is 0. The van der Waals surface area contributed by atoms with E-state index in [0.717, 1.165) is 0 Å². The zero-order valence-electron chi connectivity index (χ0n) is 7.75. The van der Waals surface area contributed by atoms with E-state index in [1.54, 1.807) is 0 Å². The molecule has 0 saturated carbocycles. The van der Waals surface area contributed by atoms with E-state index in [4.69, 9.17) is 0 Å². The average Bonchev–Trinajstić information content (AvgIpc) is 2.17. The summed E-state index contributed by atoms with van der Waals surface area (Å²) in [5.74, 6) is 0.297. The summed E-state index contributed by atoms with van der Waals surface area (Å²) in [6.07, 6.45) is 0. The van der Waals surface area contributed by atoms with Gasteiger partial charge in [-0.15, -0.1) is 0 Å². The van der Waals surface area contributed by atoms with Gasteiger partial charge in [-0.25, -0.2) is 0 Å². The van der Waals surface area contributed by atoms with Gasteiger partial charge in [0.1, 0.15) is 0 Å². The third kappa shape index (κ3) is 1.44. The molecule has 0 amide bonds. The van der Waals surface area contributed by atoms with Gasteiger partial charge in [-0.1, -0.05) is 43.3 Å². The van der Waals surface area contributed by atoms with Crippen molar-refractivity contribution in [1.82, 2.24) is 0 Å². The molecular formula is C13H12. The van der Waals surface area contributed by atoms with E-state index in [1.165, 1.54) is 16.3 Å². The van der Waals surface area contributed by atoms with Crippen LogP contribution in [0.1, 0.15) is 18.4 Å². The molecule has 0 heteroatoms. The molecule has 0 heterocycles. The fraction of sp³-hybridized carbons (Fsp3) is 0.154. The van der Waals surface area contributed by atoms with Crippen molar-refractivity contribution >= 4 is 10.8 Å². The molecule has 0 aliphatic heterocycles. The normalized spacial score (nSPS) is 11.0. The Kier molecular flexibility index (Phi) is 2.05. The minimum Gasteiger partial charge on any atom is -0.0616 e. The van der Waals surface area contributed by atoms with E-state index >= 15 is 0 Å². The van der Waals surface area contributed by atoms with Crippen molar-refractivity contribution < 1.29 is 0 Å². The fourth-order valence-corrected chi connectivity index (χ4v) is 1.59. The number of hydrogen-bond acceptors (Lipinski definition) is 0. The smallest absolute Gasteiger partial charge is 0.0140 e. The summed E-state index contributed by atoms with van der Waals surface area (Å²) in [7, 11) is 0. The number of hydrogen-bond donors (Lipinski definition) is 0. The zero-order valence-corrected chi connectivity index (χ0v) is 7.75. The van der Waals surface area contributed by atoms with Gasteiger partial charge in [0.25, 0.3) is 0 Å². The highest BCUT2D eigenvalue weighted by Gasteiger charge is 2.03. The maximum atomic E-state index is 4.03. The lowest BCUT2D eigenvalue weighted by Gasteiger charge is -2.08. The topological polar surface area (TPSA) is 0 Å². The van der Waals surface area contributed by atoms with Crippen molar-refractivity contribution in [3.05, 3.63) is 55.0 Å². The third-order valence-corrected chi connectivity index (χ3v) is 2.25. The van der Waals surface area contributed by atoms with Gasteiger partial charge in [-0.05, 0) is 35.2 Å². The Labute approximate surface area is 79.2 Å². The molecule has 0 aliphatic rings. The lowest BCUT2D eigenvalue weighted by Crippen LogP contribution is -1.89. The standard InChI is InChI=1S/C13H12/c1-10(2)12-9-5-7-11-6-3-4-8-13(11)12/h3-8,10H,1H2,2H3. The molecule has 0 fully saturated rings. The van der Waals surface area contributed by atoms with Gasteiger partial charge in [0.15, 0.2) is 0 Å². The molecule has 1 unspecified atom stereocenters. The highest BCUT2D eigenvalue weighted by molar-refractivity contribution is 5.85. The lowest BCUT2D eigenvalue weighted by molar-refractivity contribution is 0.975. The van der Waals surface area contributed by atoms with Crippen molar-refractivity contribution in [1.29, 1.82) is 0 Å². The Morgan fingerprint density at radius 1 is 1.23 bits per heavy atom. The lowest BCUT2D eigenvalue weighted by atomic mass is 9.96. The van der Waals surface area contributed by atoms with Crippen LogP contribution in [0.25, 0.3) is 10.8 Å². The average molecular weight is 168 g/mol. The fourth-order valence-electron chi connectivity index (χ4n) is 1.59. The van der Waals surface area contributed by atoms with Crippen LogP contribution in [0.15, 0.2) is 36.4 Å². The summed E-state index contributed by atoms with van der Waals surface area (Å²) < 4.78 is 0. The Hall–Kier alpha value is -1.30. The number of rotatable bonds is 1. The zero-order chi connectivity index (χ0) is 9.26. The second-order valence-corrected chi connectivity index (χ2v) is 3.38. The monoisotopic (exact) mass is 168 g/mol. The first kappa shape index (κ1) is 8.31. The molecule has 2 rings (SSSR count). The number of benzene rings is 2. The van der Waals surface area contributed by atoms with E-state index in [9.17, 15) is 0 Å². The first-order valence-corrected chi connectivity index (χ1v) is 4.51. The highest BCUT2D eigenvalue weighted by Crippen LogP contribution is 2.23. The molecule has 0 aliphatic carbocycles. The first-order chi connectivity index (χ1) is 6.29. The van der Waals surface area contributed by atoms with E-state index < -0.39 is 0 Å². The molecule has 0 N–H and O–H groups in total. The SMILES string of the molecule is [CH2]C(C)c1[c]ccc2ccccc12. The van der Waals surface area contributed by atoms with Gasteiger partial charge < -0.3 is 0 Å². The predicted molar refractivity (Wildman–Crippen MR) is 56.6 cm³/mol. The van der Waals surface area contributed by atoms with Crippen LogP contribution < -0.4 is 0 Å². The summed E-state index contributed by atoms with van der Waals surface area (Å²) >= 11 is 0. The van der Waals surface area contributed by atoms with Gasteiger partial charge >= 0.3 is 0 Å². The van der Waals surface area contributed by atoms with E-state index in [1.807, 2.05) is 6.07 Å². The molecule has 0 saturated heterocycles. The van der Waals surface area contributed by atoms with E-state index in [2.05, 4.69) is 50.2 Å². The molecule has 2 aromatic rings. The van der Waals surface area contributed by atoms with Gasteiger partial charge in [0.05, 0.1) is 0 Å². The van der Waals surface area contributed by atoms with Crippen molar-refractivity contribution in [3.8, 4) is 0 Å². The molecule has 0 nitrogen and oxygen atoms in total. The second kappa shape index (κ2) is 3.21. The maximum Gasteiger partial charge on any atom is -0.0140 e. The van der Waals surface area contributed by atoms with E-state index in [0.29, 0.717) is 5.92 Å². The van der Waals surface area contributed by atoms with E-state index in [-0.39, 0.29) is 0 Å². The molecule has 1 atom stereocenters. The molecule has 0 bridgehead atoms. The van der Waals surface area contributed by atoms with Crippen LogP contribution in [0.2, 0.25) is 0 Å². The van der Waals surface area contributed by atoms with Gasteiger partial charge in [-0.3, -0.25) is 0 Å². The van der Waals surface area contributed by atoms with Crippen LogP contribution in [-0.2, 0) is 0 Å². The van der Waals surface area contributed by atoms with Gasteiger partial charge in [-0.2, -0.15) is 0 Å². The van der Waals surface area contributed by atoms with Crippen LogP contribution in [0.4, 0.5) is 0 Å². The first-order valence-electron chi connectivity index (χ1n) is 4.51. The highest BCUT2D eigenvalue weighted by atomic mass is 14.1. The van der Waals surface area contributed by atoms with Gasteiger partial charge in [0.2, 0.25) is 0 Å². The Balaban J connectivity index is 2.76. The summed E-state index contributed by atoms with van der Waals surface area (Å²) in [6, 6.07) is 15.7. The van der Waals surface area contributed by atoms with Gasteiger partial charge in [0, 0.05) is 0 Å². The summed E-state index contributed by atoms with van der Waals surface area (Å²) in [5, 5.41) is 2.54. The minimum absolute atomic E-state index is 0.297. The quantitative estimate of drug-likeness (QED) is 0.610. The Morgan fingerprint density at radius 3 is 2.77 bits per heavy atom. The molecule has 2 radical (unpaired) electrons. The van der Waals surface area contributed by atoms with Crippen LogP contribution >= 0.6 is 0 Å².